The van der Waals surface area contributed by atoms with Gasteiger partial charge in [-0.3, -0.25) is 9.69 Å². The number of nitrogens with zero attached hydrogens (tertiary/aromatic N) is 3. The van der Waals surface area contributed by atoms with Crippen LogP contribution in [-0.2, 0) is 17.9 Å². The second kappa shape index (κ2) is 5.85. The van der Waals surface area contributed by atoms with Crippen LogP contribution in [0.1, 0.15) is 32.5 Å². The number of aryl methyl sites for hydroxylation is 1. The zero-order valence-corrected chi connectivity index (χ0v) is 12.7. The van der Waals surface area contributed by atoms with Crippen molar-refractivity contribution < 1.29 is 4.79 Å². The number of nitrogens with one attached hydrogen (secondary N) is 1. The summed E-state index contributed by atoms with van der Waals surface area (Å²) in [5, 5.41) is 2.82. The first kappa shape index (κ1) is 14.1. The number of fused-ring (bicyclic) bond motifs is 1. The van der Waals surface area contributed by atoms with E-state index in [1.165, 1.54) is 32.9 Å². The maximum atomic E-state index is 11.2. The van der Waals surface area contributed by atoms with Crippen molar-refractivity contribution in [3.63, 3.8) is 0 Å². The molecule has 1 fully saturated rings. The number of carbonyl (C=O) groups is 1. The molecule has 2 aromatic rings. The van der Waals surface area contributed by atoms with Crippen LogP contribution in [-0.4, -0.2) is 33.4 Å². The van der Waals surface area contributed by atoms with Crippen molar-refractivity contribution in [1.29, 1.82) is 0 Å². The lowest BCUT2D eigenvalue weighted by molar-refractivity contribution is -0.114. The second-order valence-corrected chi connectivity index (χ2v) is 5.64. The van der Waals surface area contributed by atoms with Gasteiger partial charge in [-0.2, -0.15) is 0 Å². The minimum absolute atomic E-state index is 0.0541. The van der Waals surface area contributed by atoms with Crippen molar-refractivity contribution in [3.05, 3.63) is 24.0 Å². The molecule has 5 nitrogen and oxygen atoms in total. The van der Waals surface area contributed by atoms with Gasteiger partial charge in [-0.1, -0.05) is 0 Å². The van der Waals surface area contributed by atoms with Crippen LogP contribution in [0.2, 0.25) is 0 Å². The Labute approximate surface area is 125 Å². The van der Waals surface area contributed by atoms with Crippen LogP contribution in [0.5, 0.6) is 0 Å². The van der Waals surface area contributed by atoms with Crippen molar-refractivity contribution in [1.82, 2.24) is 14.5 Å². The normalized spacial score (nSPS) is 15.7. The Morgan fingerprint density at radius 2 is 2.10 bits per heavy atom. The number of rotatable bonds is 4. The summed E-state index contributed by atoms with van der Waals surface area (Å²) < 4.78 is 2.27. The predicted octanol–water partition coefficient (Wildman–Crippen LogP) is 2.61. The zero-order chi connectivity index (χ0) is 14.8. The average Bonchev–Trinajstić information content (AvgIpc) is 3.05. The molecule has 0 bridgehead atoms. The van der Waals surface area contributed by atoms with Gasteiger partial charge in [-0.25, -0.2) is 4.98 Å². The summed E-state index contributed by atoms with van der Waals surface area (Å²) in [5.41, 5.74) is 2.90. The summed E-state index contributed by atoms with van der Waals surface area (Å²) in [6, 6.07) is 5.94. The van der Waals surface area contributed by atoms with Crippen LogP contribution < -0.4 is 5.32 Å². The second-order valence-electron chi connectivity index (χ2n) is 5.64. The molecule has 1 aliphatic heterocycles. The molecule has 1 aliphatic rings. The van der Waals surface area contributed by atoms with E-state index in [2.05, 4.69) is 21.7 Å². The molecule has 0 aliphatic carbocycles. The molecule has 0 spiro atoms. The Kier molecular flexibility index (Phi) is 3.92. The van der Waals surface area contributed by atoms with E-state index in [1.54, 1.807) is 0 Å². The van der Waals surface area contributed by atoms with Crippen LogP contribution in [0.3, 0.4) is 0 Å². The lowest BCUT2D eigenvalue weighted by atomic mass is 10.2. The number of carbonyl (C=O) groups excluding carboxylic acids is 1. The summed E-state index contributed by atoms with van der Waals surface area (Å²) in [7, 11) is 0. The number of anilines is 1. The van der Waals surface area contributed by atoms with Gasteiger partial charge < -0.3 is 9.88 Å². The third-order valence-corrected chi connectivity index (χ3v) is 4.03. The fourth-order valence-electron chi connectivity index (χ4n) is 3.07. The molecule has 1 N–H and O–H groups in total. The Morgan fingerprint density at radius 3 is 2.76 bits per heavy atom. The predicted molar refractivity (Wildman–Crippen MR) is 84.2 cm³/mol. The fraction of sp³-hybridized carbons (Fsp3) is 0.500. The Hall–Kier alpha value is -1.88. The smallest absolute Gasteiger partial charge is 0.221 e. The molecule has 2 heterocycles. The van der Waals surface area contributed by atoms with Crippen molar-refractivity contribution in [2.75, 3.05) is 18.4 Å². The molecule has 1 aromatic heterocycles. The molecule has 0 radical (unpaired) electrons. The molecule has 3 rings (SSSR count). The zero-order valence-electron chi connectivity index (χ0n) is 12.7. The van der Waals surface area contributed by atoms with Gasteiger partial charge in [0.15, 0.2) is 0 Å². The van der Waals surface area contributed by atoms with E-state index in [9.17, 15) is 4.79 Å². The Bertz CT molecular complexity index is 656. The molecule has 112 valence electrons. The van der Waals surface area contributed by atoms with E-state index in [4.69, 9.17) is 4.98 Å². The van der Waals surface area contributed by atoms with Crippen molar-refractivity contribution >= 4 is 22.6 Å². The Balaban J connectivity index is 1.93. The van der Waals surface area contributed by atoms with Gasteiger partial charge in [0.05, 0.1) is 17.6 Å². The summed E-state index contributed by atoms with van der Waals surface area (Å²) in [4.78, 5) is 18.4. The van der Waals surface area contributed by atoms with Gasteiger partial charge in [0.1, 0.15) is 5.82 Å². The highest BCUT2D eigenvalue weighted by atomic mass is 16.1. The largest absolute Gasteiger partial charge is 0.327 e. The summed E-state index contributed by atoms with van der Waals surface area (Å²) >= 11 is 0. The van der Waals surface area contributed by atoms with Crippen LogP contribution in [0.4, 0.5) is 5.69 Å². The van der Waals surface area contributed by atoms with Gasteiger partial charge >= 0.3 is 0 Å². The number of imidazole rings is 1. The molecule has 1 aromatic carbocycles. The molecule has 0 unspecified atom stereocenters. The standard InChI is InChI=1S/C16H22N4O/c1-3-20-15-7-6-13(17-12(2)21)10-14(15)18-16(20)11-19-8-4-5-9-19/h6-7,10H,3-5,8-9,11H2,1-2H3,(H,17,21). The monoisotopic (exact) mass is 286 g/mol. The maximum absolute atomic E-state index is 11.2. The van der Waals surface area contributed by atoms with Gasteiger partial charge in [0, 0.05) is 19.2 Å². The quantitative estimate of drug-likeness (QED) is 0.940. The number of amides is 1. The topological polar surface area (TPSA) is 50.2 Å². The first-order valence-corrected chi connectivity index (χ1v) is 7.66. The fourth-order valence-corrected chi connectivity index (χ4v) is 3.07. The van der Waals surface area contributed by atoms with Crippen LogP contribution in [0, 0.1) is 0 Å². The minimum Gasteiger partial charge on any atom is -0.327 e. The number of hydrogen-bond donors (Lipinski definition) is 1. The minimum atomic E-state index is -0.0541. The molecule has 1 saturated heterocycles. The lowest BCUT2D eigenvalue weighted by Gasteiger charge is -2.14. The first-order chi connectivity index (χ1) is 10.2. The van der Waals surface area contributed by atoms with Gasteiger partial charge in [-0.05, 0) is 51.1 Å². The highest BCUT2D eigenvalue weighted by Gasteiger charge is 2.16. The first-order valence-electron chi connectivity index (χ1n) is 7.66. The lowest BCUT2D eigenvalue weighted by Crippen LogP contribution is -2.21. The van der Waals surface area contributed by atoms with Gasteiger partial charge in [0.25, 0.3) is 0 Å². The summed E-state index contributed by atoms with van der Waals surface area (Å²) in [6.07, 6.45) is 2.58. The highest BCUT2D eigenvalue weighted by molar-refractivity contribution is 5.91. The van der Waals surface area contributed by atoms with Crippen LogP contribution in [0.25, 0.3) is 11.0 Å². The number of hydrogen-bond acceptors (Lipinski definition) is 3. The molecular weight excluding hydrogens is 264 g/mol. The van der Waals surface area contributed by atoms with E-state index >= 15 is 0 Å². The molecule has 1 amide bonds. The molecule has 0 atom stereocenters. The van der Waals surface area contributed by atoms with E-state index in [0.717, 1.165) is 35.6 Å². The van der Waals surface area contributed by atoms with Crippen molar-refractivity contribution in [2.24, 2.45) is 0 Å². The number of benzene rings is 1. The molecule has 21 heavy (non-hydrogen) atoms. The van der Waals surface area contributed by atoms with Gasteiger partial charge in [-0.15, -0.1) is 0 Å². The molecule has 0 saturated carbocycles. The third-order valence-electron chi connectivity index (χ3n) is 4.03. The summed E-state index contributed by atoms with van der Waals surface area (Å²) in [5.74, 6) is 1.07. The van der Waals surface area contributed by atoms with Crippen LogP contribution in [0.15, 0.2) is 18.2 Å². The number of aromatic nitrogens is 2. The van der Waals surface area contributed by atoms with E-state index in [1.807, 2.05) is 18.2 Å². The maximum Gasteiger partial charge on any atom is 0.221 e. The van der Waals surface area contributed by atoms with E-state index < -0.39 is 0 Å². The SMILES string of the molecule is CCn1c(CN2CCCC2)nc2cc(NC(C)=O)ccc21. The third kappa shape index (κ3) is 2.93. The molecule has 5 heteroatoms. The molecular formula is C16H22N4O. The van der Waals surface area contributed by atoms with Crippen LogP contribution >= 0.6 is 0 Å². The van der Waals surface area contributed by atoms with E-state index in [-0.39, 0.29) is 5.91 Å². The average molecular weight is 286 g/mol. The Morgan fingerprint density at radius 1 is 1.33 bits per heavy atom. The summed E-state index contributed by atoms with van der Waals surface area (Å²) in [6.45, 7) is 7.84. The van der Waals surface area contributed by atoms with Crippen molar-refractivity contribution in [2.45, 2.75) is 39.8 Å². The van der Waals surface area contributed by atoms with Crippen molar-refractivity contribution in [3.8, 4) is 0 Å². The highest BCUT2D eigenvalue weighted by Crippen LogP contribution is 2.22. The van der Waals surface area contributed by atoms with E-state index in [0.29, 0.717) is 0 Å². The number of likely N-dealkylation sites (tertiary alicyclic amines) is 1. The van der Waals surface area contributed by atoms with Gasteiger partial charge in [0.2, 0.25) is 5.91 Å².